The van der Waals surface area contributed by atoms with Gasteiger partial charge in [-0.25, -0.2) is 4.79 Å². The van der Waals surface area contributed by atoms with Crippen molar-refractivity contribution < 1.29 is 19.1 Å². The van der Waals surface area contributed by atoms with Crippen LogP contribution in [0.1, 0.15) is 37.5 Å². The Morgan fingerprint density at radius 1 is 1.32 bits per heavy atom. The fourth-order valence-electron chi connectivity index (χ4n) is 1.04. The van der Waals surface area contributed by atoms with Gasteiger partial charge in [0.05, 0.1) is 12.4 Å². The number of carbonyl (C=O) groups excluding carboxylic acids is 2. The summed E-state index contributed by atoms with van der Waals surface area (Å²) in [5.74, 6) is -0.691. The molecule has 106 valence electrons. The van der Waals surface area contributed by atoms with Gasteiger partial charge in [0.2, 0.25) is 5.01 Å². The van der Waals surface area contributed by atoms with Gasteiger partial charge in [-0.15, -0.1) is 10.2 Å². The van der Waals surface area contributed by atoms with Gasteiger partial charge < -0.3 is 9.47 Å². The van der Waals surface area contributed by atoms with Crippen LogP contribution in [-0.2, 0) is 14.3 Å². The zero-order chi connectivity index (χ0) is 14.5. The van der Waals surface area contributed by atoms with Crippen LogP contribution in [0.25, 0.3) is 0 Å². The van der Waals surface area contributed by atoms with E-state index in [9.17, 15) is 9.59 Å². The predicted octanol–water partition coefficient (Wildman–Crippen LogP) is 2.15. The van der Waals surface area contributed by atoms with Crippen LogP contribution in [0.15, 0.2) is 4.34 Å². The van der Waals surface area contributed by atoms with E-state index in [1.807, 2.05) is 0 Å². The SMILES string of the molecule is CCOC(=O)c1nnc(SCC(=O)OC(C)(C)C)s1. The number of thioether (sulfide) groups is 1. The number of rotatable bonds is 5. The fourth-order valence-corrected chi connectivity index (χ4v) is 2.55. The molecule has 1 rings (SSSR count). The summed E-state index contributed by atoms with van der Waals surface area (Å²) in [6, 6.07) is 0. The van der Waals surface area contributed by atoms with E-state index < -0.39 is 11.6 Å². The van der Waals surface area contributed by atoms with Crippen LogP contribution >= 0.6 is 23.1 Å². The Morgan fingerprint density at radius 2 is 2.00 bits per heavy atom. The molecule has 0 saturated heterocycles. The van der Waals surface area contributed by atoms with Gasteiger partial charge in [-0.05, 0) is 27.7 Å². The standard InChI is InChI=1S/C11H16N2O4S2/c1-5-16-9(15)8-12-13-10(19-8)18-6-7(14)17-11(2,3)4/h5-6H2,1-4H3. The predicted molar refractivity (Wildman–Crippen MR) is 72.4 cm³/mol. The molecule has 1 aromatic heterocycles. The molecule has 0 amide bonds. The molecule has 0 aliphatic heterocycles. The number of ether oxygens (including phenoxy) is 2. The fraction of sp³-hybridized carbons (Fsp3) is 0.636. The van der Waals surface area contributed by atoms with E-state index in [1.165, 1.54) is 11.8 Å². The number of esters is 2. The van der Waals surface area contributed by atoms with E-state index in [1.54, 1.807) is 27.7 Å². The van der Waals surface area contributed by atoms with Crippen molar-refractivity contribution in [3.8, 4) is 0 Å². The van der Waals surface area contributed by atoms with Crippen molar-refractivity contribution >= 4 is 35.0 Å². The molecule has 1 aromatic rings. The van der Waals surface area contributed by atoms with Crippen molar-refractivity contribution in [1.29, 1.82) is 0 Å². The van der Waals surface area contributed by atoms with Crippen molar-refractivity contribution in [3.05, 3.63) is 5.01 Å². The molecule has 0 saturated carbocycles. The third-order valence-corrected chi connectivity index (χ3v) is 3.60. The van der Waals surface area contributed by atoms with Gasteiger partial charge >= 0.3 is 11.9 Å². The van der Waals surface area contributed by atoms with Crippen LogP contribution in [0.5, 0.6) is 0 Å². The molecular formula is C11H16N2O4S2. The molecular weight excluding hydrogens is 288 g/mol. The Labute approximate surface area is 119 Å². The molecule has 19 heavy (non-hydrogen) atoms. The third-order valence-electron chi connectivity index (χ3n) is 1.59. The van der Waals surface area contributed by atoms with E-state index in [4.69, 9.17) is 9.47 Å². The minimum atomic E-state index is -0.505. The highest BCUT2D eigenvalue weighted by Crippen LogP contribution is 2.23. The maximum absolute atomic E-state index is 11.5. The number of hydrogen-bond acceptors (Lipinski definition) is 8. The van der Waals surface area contributed by atoms with Gasteiger partial charge in [-0.2, -0.15) is 0 Å². The van der Waals surface area contributed by atoms with Crippen LogP contribution in [0.3, 0.4) is 0 Å². The molecule has 0 fully saturated rings. The van der Waals surface area contributed by atoms with Gasteiger partial charge in [0.15, 0.2) is 4.34 Å². The lowest BCUT2D eigenvalue weighted by Gasteiger charge is -2.18. The van der Waals surface area contributed by atoms with Crippen LogP contribution in [0.2, 0.25) is 0 Å². The van der Waals surface area contributed by atoms with Gasteiger partial charge in [-0.1, -0.05) is 23.1 Å². The summed E-state index contributed by atoms with van der Waals surface area (Å²) in [6.45, 7) is 7.42. The largest absolute Gasteiger partial charge is 0.461 e. The van der Waals surface area contributed by atoms with E-state index in [2.05, 4.69) is 10.2 Å². The van der Waals surface area contributed by atoms with E-state index in [0.717, 1.165) is 11.3 Å². The number of aromatic nitrogens is 2. The van der Waals surface area contributed by atoms with Gasteiger partial charge in [0.1, 0.15) is 5.60 Å². The lowest BCUT2D eigenvalue weighted by Crippen LogP contribution is -2.24. The first-order chi connectivity index (χ1) is 8.81. The summed E-state index contributed by atoms with van der Waals surface area (Å²) in [5.41, 5.74) is -0.505. The Kier molecular flexibility index (Phi) is 5.74. The molecule has 0 aliphatic carbocycles. The quantitative estimate of drug-likeness (QED) is 0.609. The minimum Gasteiger partial charge on any atom is -0.461 e. The lowest BCUT2D eigenvalue weighted by molar-refractivity contribution is -0.151. The molecule has 0 radical (unpaired) electrons. The summed E-state index contributed by atoms with van der Waals surface area (Å²) in [6.07, 6.45) is 0. The zero-order valence-electron chi connectivity index (χ0n) is 11.3. The molecule has 1 heterocycles. The molecule has 8 heteroatoms. The second kappa shape index (κ2) is 6.85. The first-order valence-corrected chi connectivity index (χ1v) is 7.47. The maximum Gasteiger partial charge on any atom is 0.369 e. The monoisotopic (exact) mass is 304 g/mol. The minimum absolute atomic E-state index is 0.134. The van der Waals surface area contributed by atoms with Crippen LogP contribution in [-0.4, -0.2) is 40.1 Å². The first-order valence-electron chi connectivity index (χ1n) is 5.67. The lowest BCUT2D eigenvalue weighted by atomic mass is 10.2. The van der Waals surface area contributed by atoms with Crippen molar-refractivity contribution in [1.82, 2.24) is 10.2 Å². The molecule has 0 N–H and O–H groups in total. The second-order valence-electron chi connectivity index (χ2n) is 4.47. The third kappa shape index (κ3) is 6.02. The Morgan fingerprint density at radius 3 is 2.58 bits per heavy atom. The number of nitrogens with zero attached hydrogens (tertiary/aromatic N) is 2. The molecule has 6 nitrogen and oxygen atoms in total. The molecule has 0 spiro atoms. The molecule has 0 aliphatic rings. The van der Waals surface area contributed by atoms with Crippen molar-refractivity contribution in [2.45, 2.75) is 37.6 Å². The highest BCUT2D eigenvalue weighted by Gasteiger charge is 2.18. The summed E-state index contributed by atoms with van der Waals surface area (Å²) in [7, 11) is 0. The summed E-state index contributed by atoms with van der Waals surface area (Å²) >= 11 is 2.29. The van der Waals surface area contributed by atoms with Crippen molar-refractivity contribution in [3.63, 3.8) is 0 Å². The number of hydrogen-bond donors (Lipinski definition) is 0. The van der Waals surface area contributed by atoms with Gasteiger partial charge in [0, 0.05) is 0 Å². The average Bonchev–Trinajstić information content (AvgIpc) is 2.73. The molecule has 0 bridgehead atoms. The Balaban J connectivity index is 2.46. The number of carbonyl (C=O) groups is 2. The maximum atomic E-state index is 11.5. The highest BCUT2D eigenvalue weighted by molar-refractivity contribution is 8.01. The Hall–Kier alpha value is -1.15. The molecule has 0 unspecified atom stereocenters. The van der Waals surface area contributed by atoms with Crippen LogP contribution in [0, 0.1) is 0 Å². The van der Waals surface area contributed by atoms with E-state index in [0.29, 0.717) is 10.9 Å². The summed E-state index contributed by atoms with van der Waals surface area (Å²) < 4.78 is 10.5. The summed E-state index contributed by atoms with van der Waals surface area (Å²) in [5, 5.41) is 7.71. The molecule has 0 aromatic carbocycles. The smallest absolute Gasteiger partial charge is 0.369 e. The second-order valence-corrected chi connectivity index (χ2v) is 6.67. The first kappa shape index (κ1) is 15.9. The molecule has 0 atom stereocenters. The van der Waals surface area contributed by atoms with Gasteiger partial charge in [-0.3, -0.25) is 4.79 Å². The highest BCUT2D eigenvalue weighted by atomic mass is 32.2. The summed E-state index contributed by atoms with van der Waals surface area (Å²) in [4.78, 5) is 22.9. The zero-order valence-corrected chi connectivity index (χ0v) is 12.9. The van der Waals surface area contributed by atoms with Crippen LogP contribution < -0.4 is 0 Å². The van der Waals surface area contributed by atoms with Crippen molar-refractivity contribution in [2.24, 2.45) is 0 Å². The van der Waals surface area contributed by atoms with E-state index >= 15 is 0 Å². The van der Waals surface area contributed by atoms with E-state index in [-0.39, 0.29) is 16.7 Å². The van der Waals surface area contributed by atoms with Crippen molar-refractivity contribution in [2.75, 3.05) is 12.4 Å². The topological polar surface area (TPSA) is 78.4 Å². The Bertz CT molecular complexity index is 454. The normalized spacial score (nSPS) is 11.2. The average molecular weight is 304 g/mol. The van der Waals surface area contributed by atoms with Crippen LogP contribution in [0.4, 0.5) is 0 Å². The van der Waals surface area contributed by atoms with Gasteiger partial charge in [0.25, 0.3) is 0 Å².